The molecule has 3 unspecified atom stereocenters. The molecule has 198 valence electrons. The summed E-state index contributed by atoms with van der Waals surface area (Å²) in [5.74, 6) is 0.886. The molecule has 0 fully saturated rings. The van der Waals surface area contributed by atoms with Gasteiger partial charge in [0.05, 0.1) is 5.52 Å². The Morgan fingerprint density at radius 3 is 1.92 bits per heavy atom. The molecule has 5 nitrogen and oxygen atoms in total. The largest absolute Gasteiger partial charge is 0.355 e. The Morgan fingerprint density at radius 2 is 1.32 bits per heavy atom. The quantitative estimate of drug-likeness (QED) is 0.322. The maximum absolute atomic E-state index is 13.4. The van der Waals surface area contributed by atoms with Crippen LogP contribution in [0.25, 0.3) is 22.1 Å². The second kappa shape index (κ2) is 7.91. The molecule has 0 saturated carbocycles. The van der Waals surface area contributed by atoms with Gasteiger partial charge in [0.1, 0.15) is 0 Å². The SMILES string of the molecule is Cc1c(C)c2cc3nc(cc4[nH]c5c(c4C)C(=O)CC(C)c5c4nc(cc1[nH]2)C(C)C4C)C(C)(C)C3(C)C. The minimum atomic E-state index is -0.192. The number of aromatic nitrogens is 4. The number of carbonyl (C=O) groups is 1. The number of hydrogen-bond acceptors (Lipinski definition) is 3. The van der Waals surface area contributed by atoms with E-state index in [4.69, 9.17) is 9.97 Å². The second-order valence-electron chi connectivity index (χ2n) is 13.1. The van der Waals surface area contributed by atoms with Crippen molar-refractivity contribution in [3.8, 4) is 0 Å². The Morgan fingerprint density at radius 1 is 0.763 bits per heavy atom. The van der Waals surface area contributed by atoms with E-state index in [0.29, 0.717) is 6.42 Å². The van der Waals surface area contributed by atoms with E-state index in [9.17, 15) is 4.79 Å². The summed E-state index contributed by atoms with van der Waals surface area (Å²) in [5, 5.41) is 0. The number of H-pyrrole nitrogens is 2. The van der Waals surface area contributed by atoms with Gasteiger partial charge in [0.25, 0.3) is 0 Å². The Bertz CT molecular complexity index is 1700. The van der Waals surface area contributed by atoms with Gasteiger partial charge in [-0.2, -0.15) is 0 Å². The van der Waals surface area contributed by atoms with E-state index in [1.54, 1.807) is 0 Å². The Kier molecular flexibility index (Phi) is 5.22. The van der Waals surface area contributed by atoms with Gasteiger partial charge in [0, 0.05) is 79.5 Å². The fourth-order valence-corrected chi connectivity index (χ4v) is 6.64. The normalized spacial score (nSPS) is 23.6. The molecule has 3 aromatic heterocycles. The van der Waals surface area contributed by atoms with Crippen molar-refractivity contribution in [3.63, 3.8) is 0 Å². The molecule has 0 spiro atoms. The van der Waals surface area contributed by atoms with Gasteiger partial charge in [-0.3, -0.25) is 14.8 Å². The Hall–Kier alpha value is -3.21. The van der Waals surface area contributed by atoms with Crippen molar-refractivity contribution < 1.29 is 4.79 Å². The summed E-state index contributed by atoms with van der Waals surface area (Å²) in [6.45, 7) is 22.3. The van der Waals surface area contributed by atoms with E-state index in [0.717, 1.165) is 56.0 Å². The average molecular weight is 509 g/mol. The van der Waals surface area contributed by atoms with E-state index < -0.39 is 0 Å². The number of fused-ring (bicyclic) bond motifs is 8. The fourth-order valence-electron chi connectivity index (χ4n) is 6.64. The number of nitrogens with zero attached hydrogens (tertiary/aromatic N) is 2. The third-order valence-electron chi connectivity index (χ3n) is 10.6. The first-order chi connectivity index (χ1) is 17.7. The zero-order chi connectivity index (χ0) is 27.5. The first kappa shape index (κ1) is 25.1. The van der Waals surface area contributed by atoms with Crippen LogP contribution < -0.4 is 0 Å². The number of ketones is 1. The van der Waals surface area contributed by atoms with Crippen molar-refractivity contribution >= 4 is 27.9 Å². The minimum Gasteiger partial charge on any atom is -0.355 e. The summed E-state index contributed by atoms with van der Waals surface area (Å²) in [6.07, 6.45) is 0.518. The first-order valence-corrected chi connectivity index (χ1v) is 14.0. The van der Waals surface area contributed by atoms with Gasteiger partial charge >= 0.3 is 0 Å². The van der Waals surface area contributed by atoms with Crippen LogP contribution in [0.2, 0.25) is 0 Å². The van der Waals surface area contributed by atoms with E-state index >= 15 is 0 Å². The van der Waals surface area contributed by atoms with Crippen LogP contribution in [0, 0.1) is 20.8 Å². The number of aromatic amines is 2. The second-order valence-corrected chi connectivity index (χ2v) is 13.1. The molecular formula is C33H40N4O. The molecule has 5 heteroatoms. The molecule has 0 radical (unpaired) electrons. The van der Waals surface area contributed by atoms with Crippen LogP contribution in [-0.2, 0) is 10.8 Å². The van der Waals surface area contributed by atoms with Crippen molar-refractivity contribution in [2.24, 2.45) is 0 Å². The van der Waals surface area contributed by atoms with Gasteiger partial charge in [-0.05, 0) is 61.6 Å². The molecule has 3 aliphatic rings. The average Bonchev–Trinajstić information content (AvgIpc) is 3.45. The van der Waals surface area contributed by atoms with Crippen LogP contribution in [-0.4, -0.2) is 25.7 Å². The van der Waals surface area contributed by atoms with Crippen LogP contribution in [0.4, 0.5) is 0 Å². The highest BCUT2D eigenvalue weighted by molar-refractivity contribution is 6.09. The highest BCUT2D eigenvalue weighted by Crippen LogP contribution is 2.48. The molecule has 6 rings (SSSR count). The summed E-state index contributed by atoms with van der Waals surface area (Å²) < 4.78 is 0. The summed E-state index contributed by atoms with van der Waals surface area (Å²) in [5.41, 5.74) is 13.7. The maximum Gasteiger partial charge on any atom is 0.165 e. The van der Waals surface area contributed by atoms with Crippen molar-refractivity contribution in [2.75, 3.05) is 0 Å². The number of rotatable bonds is 0. The molecule has 38 heavy (non-hydrogen) atoms. The molecule has 0 saturated heterocycles. The Balaban J connectivity index is 1.86. The lowest BCUT2D eigenvalue weighted by atomic mass is 9.66. The monoisotopic (exact) mass is 508 g/mol. The third-order valence-corrected chi connectivity index (χ3v) is 10.6. The van der Waals surface area contributed by atoms with Crippen LogP contribution in [0.3, 0.4) is 0 Å². The van der Waals surface area contributed by atoms with E-state index in [1.807, 2.05) is 0 Å². The van der Waals surface area contributed by atoms with Gasteiger partial charge in [-0.25, -0.2) is 0 Å². The van der Waals surface area contributed by atoms with Crippen LogP contribution in [0.15, 0.2) is 18.2 Å². The van der Waals surface area contributed by atoms with Gasteiger partial charge in [-0.1, -0.05) is 48.5 Å². The zero-order valence-corrected chi connectivity index (χ0v) is 24.5. The molecule has 5 heterocycles. The molecule has 0 aromatic carbocycles. The minimum absolute atomic E-state index is 0.113. The van der Waals surface area contributed by atoms with E-state index in [1.165, 1.54) is 16.7 Å². The van der Waals surface area contributed by atoms with Gasteiger partial charge in [0.2, 0.25) is 0 Å². The van der Waals surface area contributed by atoms with Crippen LogP contribution in [0.1, 0.15) is 128 Å². The predicted molar refractivity (Wildman–Crippen MR) is 155 cm³/mol. The van der Waals surface area contributed by atoms with Crippen molar-refractivity contribution in [1.29, 1.82) is 0 Å². The topological polar surface area (TPSA) is 74.4 Å². The van der Waals surface area contributed by atoms with E-state index in [-0.39, 0.29) is 34.4 Å². The van der Waals surface area contributed by atoms with Crippen LogP contribution in [0.5, 0.6) is 0 Å². The molecule has 1 aliphatic carbocycles. The summed E-state index contributed by atoms with van der Waals surface area (Å²) >= 11 is 0. The van der Waals surface area contributed by atoms with Crippen molar-refractivity contribution in [1.82, 2.24) is 19.9 Å². The molecule has 3 atom stereocenters. The van der Waals surface area contributed by atoms with Crippen molar-refractivity contribution in [2.45, 2.75) is 104 Å². The molecule has 2 N–H and O–H groups in total. The summed E-state index contributed by atoms with van der Waals surface area (Å²) in [4.78, 5) is 31.3. The molecule has 8 bridgehead atoms. The highest BCUT2D eigenvalue weighted by Gasteiger charge is 2.46. The third kappa shape index (κ3) is 3.20. The van der Waals surface area contributed by atoms with Gasteiger partial charge < -0.3 is 9.97 Å². The molecule has 0 amide bonds. The fraction of sp³-hybridized carbons (Fsp3) is 0.485. The molecular weight excluding hydrogens is 468 g/mol. The smallest absolute Gasteiger partial charge is 0.165 e. The number of carbonyl (C=O) groups excluding carboxylic acids is 1. The van der Waals surface area contributed by atoms with Crippen LogP contribution >= 0.6 is 0 Å². The first-order valence-electron chi connectivity index (χ1n) is 14.0. The highest BCUT2D eigenvalue weighted by atomic mass is 16.1. The lowest BCUT2D eigenvalue weighted by molar-refractivity contribution is 0.0973. The standard InChI is InChI=1S/C33H40N4O/c1-15-11-25(38)29-20(6)24-14-27-33(9,10)32(7,8)26(37-27)13-23-17(3)16(2)21(34-23)12-22-18(4)19(5)30(35-22)28(15)31(29)36-24/h12-15,18-19,34,36H,11H2,1-10H3. The zero-order valence-electron chi connectivity index (χ0n) is 24.5. The lowest BCUT2D eigenvalue weighted by Gasteiger charge is -2.34. The van der Waals surface area contributed by atoms with Crippen molar-refractivity contribution in [3.05, 3.63) is 68.8 Å². The molecule has 2 aliphatic heterocycles. The lowest BCUT2D eigenvalue weighted by Crippen LogP contribution is -2.35. The number of nitrogens with one attached hydrogen (secondary N) is 2. The number of hydrogen-bond donors (Lipinski definition) is 2. The van der Waals surface area contributed by atoms with Gasteiger partial charge in [-0.15, -0.1) is 0 Å². The predicted octanol–water partition coefficient (Wildman–Crippen LogP) is 8.09. The summed E-state index contributed by atoms with van der Waals surface area (Å²) in [7, 11) is 0. The van der Waals surface area contributed by atoms with Gasteiger partial charge in [0.15, 0.2) is 5.78 Å². The number of Topliss-reactive ketones (excluding diaryl/α,β-unsaturated/α-hetero) is 1. The Labute approximate surface area is 225 Å². The van der Waals surface area contributed by atoms with E-state index in [2.05, 4.69) is 97.4 Å². The number of aryl methyl sites for hydroxylation is 3. The molecule has 3 aromatic rings. The maximum atomic E-state index is 13.4. The summed E-state index contributed by atoms with van der Waals surface area (Å²) in [6, 6.07) is 6.66.